The first-order valence-electron chi connectivity index (χ1n) is 10.5. The number of alkyl halides is 3. The van der Waals surface area contributed by atoms with Gasteiger partial charge in [-0.3, -0.25) is 9.59 Å². The van der Waals surface area contributed by atoms with Crippen LogP contribution in [0.4, 0.5) is 17.6 Å². The van der Waals surface area contributed by atoms with Gasteiger partial charge in [0.15, 0.2) is 13.2 Å². The van der Waals surface area contributed by atoms with E-state index < -0.39 is 54.9 Å². The van der Waals surface area contributed by atoms with Crippen LogP contribution in [0.5, 0.6) is 11.5 Å². The molecule has 0 spiro atoms. The molecule has 0 saturated heterocycles. The molecule has 0 saturated carbocycles. The number of likely N-dealkylation sites (N-methyl/N-ethyl adjacent to an activating group) is 1. The first kappa shape index (κ1) is 28.9. The molecule has 36 heavy (non-hydrogen) atoms. The Balaban J connectivity index is 1.75. The molecule has 1 heterocycles. The second-order valence-corrected chi connectivity index (χ2v) is 8.01. The molecule has 1 aromatic carbocycles. The van der Waals surface area contributed by atoms with Crippen LogP contribution in [-0.4, -0.2) is 65.8 Å². The van der Waals surface area contributed by atoms with Gasteiger partial charge in [0.25, 0.3) is 11.8 Å². The Morgan fingerprint density at radius 3 is 2.47 bits per heavy atom. The van der Waals surface area contributed by atoms with Gasteiger partial charge in [-0.05, 0) is 30.7 Å². The lowest BCUT2D eigenvalue weighted by Gasteiger charge is -2.24. The third-order valence-electron chi connectivity index (χ3n) is 4.72. The van der Waals surface area contributed by atoms with E-state index in [0.717, 1.165) is 24.4 Å². The Morgan fingerprint density at radius 1 is 1.22 bits per heavy atom. The second-order valence-electron chi connectivity index (χ2n) is 7.60. The molecule has 0 aliphatic rings. The Morgan fingerprint density at radius 2 is 1.89 bits per heavy atom. The third-order valence-corrected chi connectivity index (χ3v) is 5.02. The maximum atomic E-state index is 13.4. The average Bonchev–Trinajstić information content (AvgIpc) is 2.82. The quantitative estimate of drug-likeness (QED) is 0.321. The summed E-state index contributed by atoms with van der Waals surface area (Å²) in [4.78, 5) is 28.7. The monoisotopic (exact) mass is 533 g/mol. The van der Waals surface area contributed by atoms with Crippen LogP contribution >= 0.6 is 11.6 Å². The fourth-order valence-corrected chi connectivity index (χ4v) is 2.97. The number of halogens is 5. The largest absolute Gasteiger partial charge is 0.484 e. The molecule has 0 fully saturated rings. The van der Waals surface area contributed by atoms with E-state index in [1.165, 1.54) is 30.2 Å². The van der Waals surface area contributed by atoms with Crippen LogP contribution in [0.2, 0.25) is 5.02 Å². The Bertz CT molecular complexity index is 1050. The van der Waals surface area contributed by atoms with Crippen LogP contribution in [0.25, 0.3) is 0 Å². The van der Waals surface area contributed by atoms with Gasteiger partial charge < -0.3 is 24.8 Å². The Kier molecular flexibility index (Phi) is 10.5. The number of nitrogens with one attached hydrogen (secondary N) is 1. The minimum Gasteiger partial charge on any atom is -0.484 e. The average molecular weight is 534 g/mol. The lowest BCUT2D eigenvalue weighted by atomic mass is 10.1. The zero-order valence-corrected chi connectivity index (χ0v) is 19.9. The van der Waals surface area contributed by atoms with Gasteiger partial charge in [-0.1, -0.05) is 17.7 Å². The van der Waals surface area contributed by atoms with E-state index in [1.807, 2.05) is 0 Å². The number of aliphatic hydroxyl groups is 1. The molecule has 2 atom stereocenters. The summed E-state index contributed by atoms with van der Waals surface area (Å²) in [6.45, 7) is 2.57. The number of nitrogens with zero attached hydrogens (tertiary/aromatic N) is 2. The van der Waals surface area contributed by atoms with Crippen molar-refractivity contribution in [1.29, 1.82) is 0 Å². The van der Waals surface area contributed by atoms with Crippen molar-refractivity contribution in [2.75, 3.05) is 26.8 Å². The van der Waals surface area contributed by atoms with Crippen LogP contribution < -0.4 is 14.8 Å². The lowest BCUT2D eigenvalue weighted by Crippen LogP contribution is -2.42. The molecule has 2 N–H and O–H groups in total. The van der Waals surface area contributed by atoms with Crippen molar-refractivity contribution in [3.63, 3.8) is 0 Å². The number of carbonyl (C=O) groups excluding carboxylic acids is 2. The highest BCUT2D eigenvalue weighted by Gasteiger charge is 2.32. The highest BCUT2D eigenvalue weighted by molar-refractivity contribution is 6.30. The smallest absolute Gasteiger partial charge is 0.433 e. The molecular formula is C23H24ClF4N3O5. The van der Waals surface area contributed by atoms with Crippen LogP contribution in [0.1, 0.15) is 12.1 Å². The lowest BCUT2D eigenvalue weighted by molar-refractivity contribution is -0.141. The third kappa shape index (κ3) is 9.34. The minimum absolute atomic E-state index is 0.0200. The van der Waals surface area contributed by atoms with Gasteiger partial charge >= 0.3 is 6.18 Å². The van der Waals surface area contributed by atoms with Gasteiger partial charge in [0.2, 0.25) is 0 Å². The Labute approximate surface area is 209 Å². The molecule has 1 aromatic heterocycles. The normalized spacial score (nSPS) is 12.9. The van der Waals surface area contributed by atoms with Crippen molar-refractivity contribution in [1.82, 2.24) is 15.2 Å². The fraction of sp³-hybridized carbons (Fsp3) is 0.348. The van der Waals surface area contributed by atoms with Gasteiger partial charge in [-0.25, -0.2) is 9.37 Å². The number of aliphatic hydroxyl groups excluding tert-OH is 1. The van der Waals surface area contributed by atoms with E-state index in [0.29, 0.717) is 0 Å². The molecule has 13 heteroatoms. The van der Waals surface area contributed by atoms with E-state index >= 15 is 0 Å². The molecule has 2 rings (SSSR count). The van der Waals surface area contributed by atoms with Crippen LogP contribution in [0, 0.1) is 5.82 Å². The molecule has 196 valence electrons. The van der Waals surface area contributed by atoms with Gasteiger partial charge in [0.1, 0.15) is 23.0 Å². The number of amides is 2. The summed E-state index contributed by atoms with van der Waals surface area (Å²) in [7, 11) is 1.40. The first-order valence-corrected chi connectivity index (χ1v) is 10.8. The number of hydrogen-bond acceptors (Lipinski definition) is 6. The van der Waals surface area contributed by atoms with Crippen molar-refractivity contribution in [3.05, 3.63) is 65.7 Å². The predicted molar refractivity (Wildman–Crippen MR) is 122 cm³/mol. The summed E-state index contributed by atoms with van der Waals surface area (Å²) >= 11 is 5.59. The van der Waals surface area contributed by atoms with Gasteiger partial charge in [0.05, 0.1) is 17.3 Å². The summed E-state index contributed by atoms with van der Waals surface area (Å²) < 4.78 is 61.4. The minimum atomic E-state index is -4.59. The Hall–Kier alpha value is -3.38. The molecular weight excluding hydrogens is 510 g/mol. The van der Waals surface area contributed by atoms with Crippen LogP contribution in [-0.2, 0) is 15.8 Å². The summed E-state index contributed by atoms with van der Waals surface area (Å²) in [6, 6.07) is 4.85. The zero-order valence-electron chi connectivity index (χ0n) is 19.1. The van der Waals surface area contributed by atoms with E-state index in [9.17, 15) is 32.3 Å². The van der Waals surface area contributed by atoms with Crippen molar-refractivity contribution in [2.45, 2.75) is 24.7 Å². The topological polar surface area (TPSA) is 101 Å². The zero-order chi connectivity index (χ0) is 26.9. The SMILES string of the molecule is C=CC(C[C@H](O)CN(C)C(=O)COc1ccc(C(F)(F)F)nc1)NC(=O)COc1ccc(Cl)c(F)c1. The van der Waals surface area contributed by atoms with E-state index in [1.54, 1.807) is 0 Å². The summed E-state index contributed by atoms with van der Waals surface area (Å²) in [6.07, 6.45) is -3.37. The molecule has 0 radical (unpaired) electrons. The van der Waals surface area contributed by atoms with Crippen LogP contribution in [0.15, 0.2) is 49.2 Å². The van der Waals surface area contributed by atoms with Gasteiger partial charge in [0, 0.05) is 25.7 Å². The molecule has 8 nitrogen and oxygen atoms in total. The number of ether oxygens (including phenoxy) is 2. The molecule has 2 aromatic rings. The summed E-state index contributed by atoms with van der Waals surface area (Å²) in [5, 5.41) is 12.8. The highest BCUT2D eigenvalue weighted by atomic mass is 35.5. The molecule has 2 amide bonds. The number of benzene rings is 1. The maximum Gasteiger partial charge on any atom is 0.433 e. The number of aromatic nitrogens is 1. The fourth-order valence-electron chi connectivity index (χ4n) is 2.85. The van der Waals surface area contributed by atoms with Crippen molar-refractivity contribution in [2.24, 2.45) is 0 Å². The number of rotatable bonds is 12. The number of hydrogen-bond donors (Lipinski definition) is 2. The van der Waals surface area contributed by atoms with Crippen molar-refractivity contribution >= 4 is 23.4 Å². The van der Waals surface area contributed by atoms with E-state index in [-0.39, 0.29) is 29.5 Å². The molecule has 1 unspecified atom stereocenters. The maximum absolute atomic E-state index is 13.4. The summed E-state index contributed by atoms with van der Waals surface area (Å²) in [5.41, 5.74) is -1.09. The predicted octanol–water partition coefficient (Wildman–Crippen LogP) is 3.23. The van der Waals surface area contributed by atoms with Crippen molar-refractivity contribution in [3.8, 4) is 11.5 Å². The van der Waals surface area contributed by atoms with E-state index in [4.69, 9.17) is 21.1 Å². The molecule has 0 aliphatic heterocycles. The number of pyridine rings is 1. The molecule has 0 aliphatic carbocycles. The number of carbonyl (C=O) groups is 2. The van der Waals surface area contributed by atoms with Gasteiger partial charge in [-0.2, -0.15) is 13.2 Å². The second kappa shape index (κ2) is 13.1. The highest BCUT2D eigenvalue weighted by Crippen LogP contribution is 2.28. The summed E-state index contributed by atoms with van der Waals surface area (Å²) in [5.74, 6) is -1.70. The first-order chi connectivity index (χ1) is 16.9. The van der Waals surface area contributed by atoms with Gasteiger partial charge in [-0.15, -0.1) is 6.58 Å². The van der Waals surface area contributed by atoms with Crippen molar-refractivity contribution < 1.29 is 41.7 Å². The molecule has 0 bridgehead atoms. The van der Waals surface area contributed by atoms with Crippen LogP contribution in [0.3, 0.4) is 0 Å². The standard InChI is InChI=1S/C23H24ClF4N3O5/c1-3-14(30-21(33)12-35-16-4-6-18(24)19(25)9-16)8-15(32)11-31(2)22(34)13-36-17-5-7-20(29-10-17)23(26,27)28/h3-7,9-10,14-15,32H,1,8,11-13H2,2H3,(H,30,33)/t14?,15-/m0/s1. The van der Waals surface area contributed by atoms with E-state index in [2.05, 4.69) is 16.9 Å².